The summed E-state index contributed by atoms with van der Waals surface area (Å²) in [4.78, 5) is 11.3. The van der Waals surface area contributed by atoms with Crippen molar-refractivity contribution in [3.63, 3.8) is 0 Å². The molecular formula is C17H20O5. The third-order valence-electron chi connectivity index (χ3n) is 5.18. The number of hydrogen-bond donors (Lipinski definition) is 3. The molecule has 0 aromatic heterocycles. The summed E-state index contributed by atoms with van der Waals surface area (Å²) in [5.41, 5.74) is 0.291. The molecule has 5 nitrogen and oxygen atoms in total. The van der Waals surface area contributed by atoms with Crippen LogP contribution in [0.2, 0.25) is 0 Å². The fraction of sp³-hybridized carbons (Fsp3) is 0.471. The zero-order valence-electron chi connectivity index (χ0n) is 12.8. The van der Waals surface area contributed by atoms with Gasteiger partial charge in [0.15, 0.2) is 0 Å². The Hall–Kier alpha value is -2.17. The number of rotatable bonds is 2. The third kappa shape index (κ3) is 2.03. The molecule has 3 atom stereocenters. The fourth-order valence-corrected chi connectivity index (χ4v) is 3.97. The Morgan fingerprint density at radius 1 is 1.23 bits per heavy atom. The molecule has 0 heterocycles. The smallest absolute Gasteiger partial charge is 0.307 e. The van der Waals surface area contributed by atoms with Crippen molar-refractivity contribution in [2.24, 2.45) is 17.3 Å². The average Bonchev–Trinajstić information content (AvgIpc) is 2.35. The van der Waals surface area contributed by atoms with Crippen LogP contribution in [0.25, 0.3) is 0 Å². The average molecular weight is 304 g/mol. The van der Waals surface area contributed by atoms with Gasteiger partial charge in [0.05, 0.1) is 0 Å². The topological polar surface area (TPSA) is 87.0 Å². The largest absolute Gasteiger partial charge is 0.508 e. The van der Waals surface area contributed by atoms with Crippen molar-refractivity contribution in [2.45, 2.75) is 33.1 Å². The maximum Gasteiger partial charge on any atom is 0.307 e. The van der Waals surface area contributed by atoms with Gasteiger partial charge in [0.2, 0.25) is 0 Å². The highest BCUT2D eigenvalue weighted by Gasteiger charge is 2.57. The van der Waals surface area contributed by atoms with Gasteiger partial charge in [-0.15, -0.1) is 0 Å². The minimum absolute atomic E-state index is 0.0824. The van der Waals surface area contributed by atoms with E-state index in [0.717, 1.165) is 6.42 Å². The number of benzene rings is 1. The third-order valence-corrected chi connectivity index (χ3v) is 5.18. The summed E-state index contributed by atoms with van der Waals surface area (Å²) >= 11 is 0. The zero-order chi connectivity index (χ0) is 16.2. The number of aromatic hydroxyl groups is 3. The quantitative estimate of drug-likeness (QED) is 0.731. The van der Waals surface area contributed by atoms with Gasteiger partial charge >= 0.3 is 5.97 Å². The van der Waals surface area contributed by atoms with Gasteiger partial charge in [-0.3, -0.25) is 4.79 Å². The maximum absolute atomic E-state index is 11.3. The first-order valence-electron chi connectivity index (χ1n) is 7.36. The highest BCUT2D eigenvalue weighted by atomic mass is 16.5. The Morgan fingerprint density at radius 3 is 2.32 bits per heavy atom. The van der Waals surface area contributed by atoms with Crippen LogP contribution in [0.3, 0.4) is 0 Å². The summed E-state index contributed by atoms with van der Waals surface area (Å²) < 4.78 is 5.34. The highest BCUT2D eigenvalue weighted by Crippen LogP contribution is 2.65. The molecule has 3 aliphatic carbocycles. The first-order chi connectivity index (χ1) is 10.2. The van der Waals surface area contributed by atoms with Crippen LogP contribution in [0.4, 0.5) is 0 Å². The van der Waals surface area contributed by atoms with Crippen molar-refractivity contribution >= 4 is 5.97 Å². The van der Waals surface area contributed by atoms with E-state index in [-0.39, 0.29) is 46.4 Å². The number of carbonyl (C=O) groups excluding carboxylic acids is 1. The Labute approximate surface area is 128 Å². The molecule has 1 aromatic carbocycles. The van der Waals surface area contributed by atoms with Gasteiger partial charge in [0.1, 0.15) is 23.0 Å². The van der Waals surface area contributed by atoms with E-state index in [2.05, 4.69) is 13.8 Å². The summed E-state index contributed by atoms with van der Waals surface area (Å²) in [6.45, 7) is 5.57. The van der Waals surface area contributed by atoms with Gasteiger partial charge in [0, 0.05) is 36.5 Å². The van der Waals surface area contributed by atoms with Crippen molar-refractivity contribution in [1.82, 2.24) is 0 Å². The number of hydrogen-bond acceptors (Lipinski definition) is 5. The number of esters is 1. The van der Waals surface area contributed by atoms with E-state index in [1.54, 1.807) is 0 Å². The molecule has 5 heteroatoms. The number of allylic oxidation sites excluding steroid dienone is 2. The van der Waals surface area contributed by atoms with Crippen LogP contribution in [0.1, 0.15) is 38.7 Å². The molecule has 3 N–H and O–H groups in total. The molecule has 0 aliphatic heterocycles. The predicted molar refractivity (Wildman–Crippen MR) is 79.4 cm³/mol. The summed E-state index contributed by atoms with van der Waals surface area (Å²) in [6, 6.07) is 2.43. The molecule has 1 aromatic rings. The van der Waals surface area contributed by atoms with Gasteiger partial charge in [-0.2, -0.15) is 0 Å². The summed E-state index contributed by atoms with van der Waals surface area (Å²) in [5.74, 6) is -0.0945. The van der Waals surface area contributed by atoms with Crippen LogP contribution < -0.4 is 0 Å². The number of phenolic OH excluding ortho intramolecular Hbond substituents is 3. The lowest BCUT2D eigenvalue weighted by Gasteiger charge is -2.58. The van der Waals surface area contributed by atoms with Gasteiger partial charge in [-0.25, -0.2) is 0 Å². The second kappa shape index (κ2) is 4.66. The second-order valence-corrected chi connectivity index (χ2v) is 6.80. The first kappa shape index (κ1) is 14.8. The molecule has 0 saturated heterocycles. The molecule has 3 aliphatic rings. The Kier molecular flexibility index (Phi) is 3.13. The molecule has 0 amide bonds. The Morgan fingerprint density at radius 2 is 1.82 bits per heavy atom. The van der Waals surface area contributed by atoms with Crippen molar-refractivity contribution in [1.29, 1.82) is 0 Å². The van der Waals surface area contributed by atoms with E-state index < -0.39 is 0 Å². The van der Waals surface area contributed by atoms with Crippen molar-refractivity contribution < 1.29 is 24.9 Å². The molecule has 2 bridgehead atoms. The van der Waals surface area contributed by atoms with Gasteiger partial charge in [-0.05, 0) is 23.8 Å². The van der Waals surface area contributed by atoms with Crippen LogP contribution >= 0.6 is 0 Å². The standard InChI is InChI=1S/C17H20O5/c1-8(18)22-15-6-10(11-7-12(15)17(11,2)3)16-13(20)4-9(19)5-14(16)21/h4-6,10-12,19-21H,7H2,1-3H3/t10-,11?,12+/m1/s1. The predicted octanol–water partition coefficient (Wildman–Crippen LogP) is 3.01. The number of carbonyl (C=O) groups is 1. The number of fused-ring (bicyclic) bond motifs is 1. The highest BCUT2D eigenvalue weighted by molar-refractivity contribution is 5.67. The van der Waals surface area contributed by atoms with E-state index in [0.29, 0.717) is 11.3 Å². The molecule has 0 radical (unpaired) electrons. The lowest BCUT2D eigenvalue weighted by atomic mass is 9.46. The minimum atomic E-state index is -0.370. The normalized spacial score (nSPS) is 28.5. The van der Waals surface area contributed by atoms with Gasteiger partial charge in [0.25, 0.3) is 0 Å². The summed E-state index contributed by atoms with van der Waals surface area (Å²) in [6.07, 6.45) is 2.66. The SMILES string of the molecule is CC(=O)OC1=C[C@@H](c2c(O)cc(O)cc2O)C2C[C@@H]1C2(C)C. The monoisotopic (exact) mass is 304 g/mol. The van der Waals surface area contributed by atoms with E-state index in [1.165, 1.54) is 19.1 Å². The van der Waals surface area contributed by atoms with Crippen molar-refractivity contribution in [2.75, 3.05) is 0 Å². The van der Waals surface area contributed by atoms with Gasteiger partial charge in [-0.1, -0.05) is 13.8 Å². The molecule has 1 unspecified atom stereocenters. The second-order valence-electron chi connectivity index (χ2n) is 6.80. The van der Waals surface area contributed by atoms with E-state index >= 15 is 0 Å². The molecule has 22 heavy (non-hydrogen) atoms. The van der Waals surface area contributed by atoms with Gasteiger partial charge < -0.3 is 20.1 Å². The molecule has 1 fully saturated rings. The Bertz CT molecular complexity index is 651. The van der Waals surface area contributed by atoms with Crippen LogP contribution in [0.5, 0.6) is 17.2 Å². The van der Waals surface area contributed by atoms with Crippen LogP contribution in [0.15, 0.2) is 24.0 Å². The van der Waals surface area contributed by atoms with E-state index in [4.69, 9.17) is 4.74 Å². The van der Waals surface area contributed by atoms with Crippen molar-refractivity contribution in [3.8, 4) is 17.2 Å². The van der Waals surface area contributed by atoms with E-state index in [1.807, 2.05) is 6.08 Å². The van der Waals surface area contributed by atoms with Crippen LogP contribution in [0, 0.1) is 17.3 Å². The Balaban J connectivity index is 2.08. The number of phenols is 3. The zero-order valence-corrected chi connectivity index (χ0v) is 12.8. The summed E-state index contributed by atoms with van der Waals surface area (Å²) in [5, 5.41) is 29.7. The molecular weight excluding hydrogens is 284 g/mol. The van der Waals surface area contributed by atoms with E-state index in [9.17, 15) is 20.1 Å². The first-order valence-corrected chi connectivity index (χ1v) is 7.36. The maximum atomic E-state index is 11.3. The molecule has 118 valence electrons. The molecule has 1 saturated carbocycles. The lowest BCUT2D eigenvalue weighted by molar-refractivity contribution is -0.142. The summed E-state index contributed by atoms with van der Waals surface area (Å²) in [7, 11) is 0. The molecule has 0 spiro atoms. The fourth-order valence-electron chi connectivity index (χ4n) is 3.97. The lowest BCUT2D eigenvalue weighted by Crippen LogP contribution is -2.51. The van der Waals surface area contributed by atoms with Crippen LogP contribution in [-0.4, -0.2) is 21.3 Å². The minimum Gasteiger partial charge on any atom is -0.508 e. The number of ether oxygens (including phenoxy) is 1. The van der Waals surface area contributed by atoms with Crippen LogP contribution in [-0.2, 0) is 9.53 Å². The molecule has 4 rings (SSSR count). The van der Waals surface area contributed by atoms with Crippen molar-refractivity contribution in [3.05, 3.63) is 29.5 Å².